The van der Waals surface area contributed by atoms with Crippen molar-refractivity contribution in [2.24, 2.45) is 0 Å². The van der Waals surface area contributed by atoms with E-state index in [4.69, 9.17) is 13.9 Å². The first-order chi connectivity index (χ1) is 15.4. The van der Waals surface area contributed by atoms with Gasteiger partial charge in [-0.15, -0.1) is 0 Å². The molecule has 3 aromatic carbocycles. The molecule has 0 bridgehead atoms. The van der Waals surface area contributed by atoms with Gasteiger partial charge >= 0.3 is 0 Å². The fourth-order valence-corrected chi connectivity index (χ4v) is 8.75. The highest BCUT2D eigenvalue weighted by Crippen LogP contribution is 2.37. The monoisotopic (exact) mass is 450 g/mol. The highest BCUT2D eigenvalue weighted by Gasteiger charge is 2.51. The zero-order chi connectivity index (χ0) is 23.0. The Morgan fingerprint density at radius 3 is 1.78 bits per heavy atom. The number of aliphatic hydroxyl groups excluding tert-OH is 1. The van der Waals surface area contributed by atoms with Crippen molar-refractivity contribution in [3.8, 4) is 5.75 Å². The van der Waals surface area contributed by atoms with Crippen molar-refractivity contribution in [2.45, 2.75) is 38.5 Å². The Bertz CT molecular complexity index is 897. The number of ether oxygens (including phenoxy) is 2. The molecule has 0 aromatic heterocycles. The van der Waals surface area contributed by atoms with Crippen molar-refractivity contribution in [1.82, 2.24) is 0 Å². The van der Waals surface area contributed by atoms with E-state index < -0.39 is 14.4 Å². The molecular weight excluding hydrogens is 416 g/mol. The Labute approximate surface area is 192 Å². The summed E-state index contributed by atoms with van der Waals surface area (Å²) in [4.78, 5) is 0. The minimum absolute atomic E-state index is 0.104. The first-order valence-electron chi connectivity index (χ1n) is 11.0. The normalized spacial score (nSPS) is 13.0. The smallest absolute Gasteiger partial charge is 0.261 e. The van der Waals surface area contributed by atoms with Gasteiger partial charge < -0.3 is 19.0 Å². The lowest BCUT2D eigenvalue weighted by molar-refractivity contribution is 0.00844. The summed E-state index contributed by atoms with van der Waals surface area (Å²) < 4.78 is 18.1. The maximum absolute atomic E-state index is 10.2. The number of aliphatic hydroxyl groups is 1. The molecule has 0 aliphatic heterocycles. The third-order valence-corrected chi connectivity index (χ3v) is 10.8. The molecule has 32 heavy (non-hydrogen) atoms. The third kappa shape index (κ3) is 5.48. The van der Waals surface area contributed by atoms with Gasteiger partial charge in [-0.05, 0) is 33.1 Å². The van der Waals surface area contributed by atoms with Crippen molar-refractivity contribution in [1.29, 1.82) is 0 Å². The van der Waals surface area contributed by atoms with E-state index in [0.29, 0.717) is 13.2 Å². The van der Waals surface area contributed by atoms with Gasteiger partial charge in [-0.3, -0.25) is 0 Å². The molecule has 4 nitrogen and oxygen atoms in total. The lowest BCUT2D eigenvalue weighted by Gasteiger charge is -2.44. The van der Waals surface area contributed by atoms with E-state index in [1.807, 2.05) is 36.4 Å². The number of hydrogen-bond donors (Lipinski definition) is 1. The molecule has 0 radical (unpaired) electrons. The fourth-order valence-electron chi connectivity index (χ4n) is 4.10. The van der Waals surface area contributed by atoms with Gasteiger partial charge in [-0.25, -0.2) is 0 Å². The zero-order valence-corrected chi connectivity index (χ0v) is 20.5. The number of benzene rings is 3. The average molecular weight is 451 g/mol. The van der Waals surface area contributed by atoms with Crippen LogP contribution in [0.25, 0.3) is 0 Å². The molecule has 3 aromatic rings. The summed E-state index contributed by atoms with van der Waals surface area (Å²) in [5.74, 6) is 0.817. The lowest BCUT2D eigenvalue weighted by Crippen LogP contribution is -2.68. The molecule has 170 valence electrons. The molecule has 1 N–H and O–H groups in total. The van der Waals surface area contributed by atoms with Crippen LogP contribution in [0.15, 0.2) is 84.9 Å². The summed E-state index contributed by atoms with van der Waals surface area (Å²) in [7, 11) is -1.08. The highest BCUT2D eigenvalue weighted by molar-refractivity contribution is 6.99. The molecule has 3 rings (SSSR count). The van der Waals surface area contributed by atoms with Crippen molar-refractivity contribution in [3.63, 3.8) is 0 Å². The Morgan fingerprint density at radius 1 is 0.812 bits per heavy atom. The topological polar surface area (TPSA) is 47.9 Å². The zero-order valence-electron chi connectivity index (χ0n) is 19.5. The number of hydrogen-bond acceptors (Lipinski definition) is 4. The molecule has 0 saturated heterocycles. The Balaban J connectivity index is 1.85. The van der Waals surface area contributed by atoms with Crippen LogP contribution >= 0.6 is 0 Å². The van der Waals surface area contributed by atoms with Gasteiger partial charge in [-0.1, -0.05) is 93.6 Å². The molecular formula is C27H34O4Si. The second-order valence-corrected chi connectivity index (χ2v) is 13.2. The summed E-state index contributed by atoms with van der Waals surface area (Å²) in [6.45, 7) is 7.34. The minimum Gasteiger partial charge on any atom is -0.497 e. The van der Waals surface area contributed by atoms with Crippen LogP contribution in [-0.4, -0.2) is 39.9 Å². The molecule has 0 spiro atoms. The standard InChI is InChI=1S/C27H34O4Si/c1-27(2,3)32(25-11-7-5-8-12-25,26-13-9-6-10-14-26)31-24(19-28)21-30-20-22-15-17-23(29-4)18-16-22/h5-18,24,28H,19-21H2,1-4H3/t24-/m0/s1. The third-order valence-electron chi connectivity index (χ3n) is 5.70. The quantitative estimate of drug-likeness (QED) is 0.472. The fraction of sp³-hybridized carbons (Fsp3) is 0.333. The summed E-state index contributed by atoms with van der Waals surface area (Å²) in [6.07, 6.45) is -0.431. The van der Waals surface area contributed by atoms with Crippen LogP contribution < -0.4 is 15.1 Å². The van der Waals surface area contributed by atoms with E-state index in [-0.39, 0.29) is 11.6 Å². The van der Waals surface area contributed by atoms with E-state index in [0.717, 1.165) is 11.3 Å². The minimum atomic E-state index is -2.73. The summed E-state index contributed by atoms with van der Waals surface area (Å²) in [5, 5.41) is 12.4. The van der Waals surface area contributed by atoms with Crippen LogP contribution in [0, 0.1) is 0 Å². The van der Waals surface area contributed by atoms with E-state index in [2.05, 4.69) is 69.3 Å². The van der Waals surface area contributed by atoms with Gasteiger partial charge in [0.2, 0.25) is 0 Å². The molecule has 0 saturated carbocycles. The molecule has 0 aliphatic carbocycles. The van der Waals surface area contributed by atoms with Crippen molar-refractivity contribution in [2.75, 3.05) is 20.3 Å². The van der Waals surface area contributed by atoms with E-state index in [1.54, 1.807) is 7.11 Å². The molecule has 0 unspecified atom stereocenters. The van der Waals surface area contributed by atoms with Crippen molar-refractivity contribution in [3.05, 3.63) is 90.5 Å². The molecule has 1 atom stereocenters. The Kier molecular flexibility index (Phi) is 8.26. The van der Waals surface area contributed by atoms with Crippen molar-refractivity contribution >= 4 is 18.7 Å². The predicted octanol–water partition coefficient (Wildman–Crippen LogP) is 4.15. The van der Waals surface area contributed by atoms with Gasteiger partial charge in [0.15, 0.2) is 0 Å². The summed E-state index contributed by atoms with van der Waals surface area (Å²) in [5.41, 5.74) is 1.05. The lowest BCUT2D eigenvalue weighted by atomic mass is 10.2. The van der Waals surface area contributed by atoms with Gasteiger partial charge in [-0.2, -0.15) is 0 Å². The van der Waals surface area contributed by atoms with Crippen LogP contribution in [0.1, 0.15) is 26.3 Å². The molecule has 5 heteroatoms. The Morgan fingerprint density at radius 2 is 1.34 bits per heavy atom. The maximum atomic E-state index is 10.2. The molecule has 0 amide bonds. The predicted molar refractivity (Wildman–Crippen MR) is 132 cm³/mol. The van der Waals surface area contributed by atoms with E-state index >= 15 is 0 Å². The van der Waals surface area contributed by atoms with Crippen LogP contribution in [0.5, 0.6) is 5.75 Å². The summed E-state index contributed by atoms with van der Waals surface area (Å²) >= 11 is 0. The second-order valence-electron chi connectivity index (χ2n) is 8.95. The van der Waals surface area contributed by atoms with Crippen molar-refractivity contribution < 1.29 is 19.0 Å². The first kappa shape index (κ1) is 24.2. The molecule has 0 heterocycles. The van der Waals surface area contributed by atoms with Crippen LogP contribution in [0.2, 0.25) is 5.04 Å². The largest absolute Gasteiger partial charge is 0.497 e. The second kappa shape index (κ2) is 10.9. The molecule has 0 fully saturated rings. The van der Waals surface area contributed by atoms with Gasteiger partial charge in [0.25, 0.3) is 8.32 Å². The SMILES string of the molecule is COc1ccc(COC[C@H](CO)O[Si](c2ccccc2)(c2ccccc2)C(C)(C)C)cc1. The number of rotatable bonds is 10. The van der Waals surface area contributed by atoms with Gasteiger partial charge in [0, 0.05) is 0 Å². The molecule has 0 aliphatic rings. The van der Waals surface area contributed by atoms with E-state index in [9.17, 15) is 5.11 Å². The summed E-state index contributed by atoms with van der Waals surface area (Å²) in [6, 6.07) is 28.7. The first-order valence-corrected chi connectivity index (χ1v) is 12.9. The average Bonchev–Trinajstić information content (AvgIpc) is 2.82. The van der Waals surface area contributed by atoms with Crippen LogP contribution in [0.3, 0.4) is 0 Å². The van der Waals surface area contributed by atoms with Gasteiger partial charge in [0.05, 0.1) is 33.0 Å². The Hall–Kier alpha value is -2.44. The highest BCUT2D eigenvalue weighted by atomic mass is 28.4. The van der Waals surface area contributed by atoms with Crippen LogP contribution in [-0.2, 0) is 15.8 Å². The maximum Gasteiger partial charge on any atom is 0.261 e. The number of methoxy groups -OCH3 is 1. The van der Waals surface area contributed by atoms with Gasteiger partial charge in [0.1, 0.15) is 5.75 Å². The van der Waals surface area contributed by atoms with E-state index in [1.165, 1.54) is 10.4 Å². The van der Waals surface area contributed by atoms with Crippen LogP contribution in [0.4, 0.5) is 0 Å².